The van der Waals surface area contributed by atoms with Gasteiger partial charge >= 0.3 is 11.9 Å². The molecule has 0 aromatic carbocycles. The molecular weight excluding hydrogens is 881 g/mol. The minimum absolute atomic E-state index is 0.0263. The Morgan fingerprint density at radius 1 is 0.731 bits per heavy atom. The van der Waals surface area contributed by atoms with Crippen LogP contribution in [0.3, 0.4) is 0 Å². The predicted octanol–water partition coefficient (Wildman–Crippen LogP) is -0.294. The van der Waals surface area contributed by atoms with Crippen LogP contribution in [0.1, 0.15) is 92.9 Å². The van der Waals surface area contributed by atoms with E-state index in [1.807, 2.05) is 13.8 Å². The van der Waals surface area contributed by atoms with Crippen molar-refractivity contribution in [2.75, 3.05) is 13.2 Å². The lowest BCUT2D eigenvalue weighted by molar-refractivity contribution is -0.361. The van der Waals surface area contributed by atoms with Crippen molar-refractivity contribution in [2.45, 2.75) is 197 Å². The molecule has 0 bridgehead atoms. The quantitative estimate of drug-likeness (QED) is 0.0994. The van der Waals surface area contributed by atoms with Gasteiger partial charge in [-0.3, -0.25) is 9.59 Å². The van der Waals surface area contributed by atoms with Gasteiger partial charge in [-0.2, -0.15) is 0 Å². The summed E-state index contributed by atoms with van der Waals surface area (Å²) >= 11 is 0. The van der Waals surface area contributed by atoms with E-state index in [0.717, 1.165) is 24.0 Å². The molecule has 0 spiro atoms. The Balaban J connectivity index is 0.998. The molecule has 4 saturated heterocycles. The van der Waals surface area contributed by atoms with E-state index in [-0.39, 0.29) is 41.4 Å². The summed E-state index contributed by atoms with van der Waals surface area (Å²) < 4.78 is 41.0. The SMILES string of the molecule is C=C(C)C1CC[C@]2(C(=O)O[C@@H]3O[C@H](CO[C@@H]4O[C@H](CO)[C@@H](O[C@@H]5O[C@@H](C)[C@H](O)[C@@H](O)[C@H]5O)[C@H](O)[C@H]4O)[C@@H](O)[C@H](O)[C@H]3O)CC[C@]3(C)[C@H](CC4OC(=O)C[C@@H](O)[C@]5(C)C4[C@@]3(C)CC[C@H]5C(=C)C)C12. The minimum Gasteiger partial charge on any atom is -0.462 e. The number of esters is 2. The standard InChI is InChI=1S/C48H74O19/c1-19(2)22-9-12-48(14-13-45(6)24(30(22)48)15-25-40-46(45,7)11-10-23(20(3)4)47(40,8)28(50)16-29(51)63-25)44(60)67-43-37(58)34(55)32(53)27(65-43)18-61-41-38(59)35(56)39(26(17-49)64-41)66-42-36(57)33(54)31(52)21(5)62-42/h21-28,30-43,49-50,52-59H,1,3,9-18H2,2,4-8H3/t21-,22?,23-,24+,25?,26+,27+,28+,30?,31-,32+,33+,34-,35+,36+,37+,38+,39+,40?,41+,42-,43-,45+,46+,47+,48-/m0/s1. The van der Waals surface area contributed by atoms with Crippen molar-refractivity contribution >= 4 is 11.9 Å². The van der Waals surface area contributed by atoms with E-state index in [1.54, 1.807) is 0 Å². The maximum Gasteiger partial charge on any atom is 0.314 e. The molecular formula is C48H74O19. The molecule has 4 aliphatic carbocycles. The number of aliphatic hydroxyl groups is 10. The fourth-order valence-electron chi connectivity index (χ4n) is 15.0. The van der Waals surface area contributed by atoms with Crippen molar-refractivity contribution in [3.05, 3.63) is 24.3 Å². The Morgan fingerprint density at radius 2 is 1.37 bits per heavy atom. The molecule has 19 heteroatoms. The highest BCUT2D eigenvalue weighted by atomic mass is 16.8. The van der Waals surface area contributed by atoms with Crippen LogP contribution in [0.15, 0.2) is 24.3 Å². The zero-order valence-electron chi connectivity index (χ0n) is 39.3. The molecule has 4 aliphatic heterocycles. The minimum atomic E-state index is -1.89. The zero-order valence-corrected chi connectivity index (χ0v) is 39.3. The number of rotatable bonds is 10. The smallest absolute Gasteiger partial charge is 0.314 e. The Labute approximate surface area is 391 Å². The van der Waals surface area contributed by atoms with Gasteiger partial charge in [-0.25, -0.2) is 0 Å². The van der Waals surface area contributed by atoms with E-state index in [1.165, 1.54) is 6.92 Å². The third kappa shape index (κ3) is 7.98. The van der Waals surface area contributed by atoms with Gasteiger partial charge in [0.05, 0.1) is 37.3 Å². The lowest BCUT2D eigenvalue weighted by Gasteiger charge is -2.71. The van der Waals surface area contributed by atoms with Gasteiger partial charge in [0.2, 0.25) is 6.29 Å². The third-order valence-corrected chi connectivity index (χ3v) is 18.8. The van der Waals surface area contributed by atoms with Gasteiger partial charge in [0.1, 0.15) is 73.2 Å². The van der Waals surface area contributed by atoms with Gasteiger partial charge in [0, 0.05) is 11.3 Å². The van der Waals surface area contributed by atoms with E-state index >= 15 is 4.79 Å². The van der Waals surface area contributed by atoms with Crippen LogP contribution in [-0.4, -0.2) is 181 Å². The maximum atomic E-state index is 15.0. The van der Waals surface area contributed by atoms with Crippen LogP contribution in [0.5, 0.6) is 0 Å². The van der Waals surface area contributed by atoms with Crippen molar-refractivity contribution in [3.63, 3.8) is 0 Å². The first kappa shape index (κ1) is 51.2. The number of fused-ring (bicyclic) bond motifs is 4. The second-order valence-corrected chi connectivity index (χ2v) is 22.1. The second-order valence-electron chi connectivity index (χ2n) is 22.1. The Hall–Kier alpha value is -2.18. The summed E-state index contributed by atoms with van der Waals surface area (Å²) in [6.45, 7) is 19.3. The molecule has 380 valence electrons. The van der Waals surface area contributed by atoms with E-state index in [9.17, 15) is 55.9 Å². The summed E-state index contributed by atoms with van der Waals surface area (Å²) in [6, 6.07) is 0. The monoisotopic (exact) mass is 954 g/mol. The van der Waals surface area contributed by atoms with Crippen LogP contribution < -0.4 is 0 Å². The summed E-state index contributed by atoms with van der Waals surface area (Å²) in [4.78, 5) is 28.5. The molecule has 8 aliphatic rings. The number of carbonyl (C=O) groups is 2. The second kappa shape index (κ2) is 18.5. The number of hydrogen-bond acceptors (Lipinski definition) is 19. The molecule has 0 amide bonds. The van der Waals surface area contributed by atoms with E-state index in [4.69, 9.17) is 33.2 Å². The first-order valence-electron chi connectivity index (χ1n) is 24.1. The summed E-state index contributed by atoms with van der Waals surface area (Å²) in [6.07, 6.45) is -22.1. The van der Waals surface area contributed by atoms with Gasteiger partial charge in [0.25, 0.3) is 0 Å². The summed E-state index contributed by atoms with van der Waals surface area (Å²) in [5.74, 6) is -1.91. The van der Waals surface area contributed by atoms with Gasteiger partial charge in [-0.15, -0.1) is 0 Å². The average molecular weight is 955 g/mol. The highest BCUT2D eigenvalue weighted by Gasteiger charge is 2.75. The van der Waals surface area contributed by atoms with Crippen molar-refractivity contribution < 1.29 is 93.8 Å². The largest absolute Gasteiger partial charge is 0.462 e. The molecule has 0 aromatic heterocycles. The van der Waals surface area contributed by atoms with Crippen LogP contribution in [0.2, 0.25) is 0 Å². The first-order chi connectivity index (χ1) is 31.4. The lowest BCUT2D eigenvalue weighted by atomic mass is 9.33. The number of aliphatic hydroxyl groups excluding tert-OH is 10. The maximum absolute atomic E-state index is 15.0. The Bertz CT molecular complexity index is 1880. The topological polar surface area (TPSA) is 301 Å². The lowest BCUT2D eigenvalue weighted by Crippen LogP contribution is -2.69. The molecule has 8 rings (SSSR count). The van der Waals surface area contributed by atoms with Crippen LogP contribution in [0, 0.1) is 51.2 Å². The predicted molar refractivity (Wildman–Crippen MR) is 230 cm³/mol. The molecule has 4 unspecified atom stereocenters. The van der Waals surface area contributed by atoms with Crippen molar-refractivity contribution in [1.29, 1.82) is 0 Å². The molecule has 0 aromatic rings. The normalized spacial score (nSPS) is 54.1. The number of ether oxygens (including phenoxy) is 7. The van der Waals surface area contributed by atoms with Crippen LogP contribution in [-0.2, 0) is 42.7 Å². The van der Waals surface area contributed by atoms with Gasteiger partial charge in [-0.05, 0) is 100 Å². The van der Waals surface area contributed by atoms with Crippen LogP contribution in [0.25, 0.3) is 0 Å². The average Bonchev–Trinajstić information content (AvgIpc) is 3.64. The highest BCUT2D eigenvalue weighted by Crippen LogP contribution is 2.77. The summed E-state index contributed by atoms with van der Waals surface area (Å²) in [5.41, 5.74) is -0.717. The van der Waals surface area contributed by atoms with Crippen molar-refractivity contribution in [2.24, 2.45) is 51.2 Å². The van der Waals surface area contributed by atoms with Crippen LogP contribution in [0.4, 0.5) is 0 Å². The van der Waals surface area contributed by atoms with E-state index < -0.39 is 146 Å². The summed E-state index contributed by atoms with van der Waals surface area (Å²) in [7, 11) is 0. The van der Waals surface area contributed by atoms with E-state index in [0.29, 0.717) is 32.1 Å². The third-order valence-electron chi connectivity index (χ3n) is 18.8. The number of carbonyl (C=O) groups excluding carboxylic acids is 2. The number of allylic oxidation sites excluding steroid dienone is 2. The van der Waals surface area contributed by atoms with Gasteiger partial charge in [0.15, 0.2) is 12.6 Å². The molecule has 19 nitrogen and oxygen atoms in total. The molecule has 8 fully saturated rings. The fourth-order valence-corrected chi connectivity index (χ4v) is 15.0. The number of hydrogen-bond donors (Lipinski definition) is 10. The van der Waals surface area contributed by atoms with Crippen molar-refractivity contribution in [3.8, 4) is 0 Å². The summed E-state index contributed by atoms with van der Waals surface area (Å²) in [5, 5.41) is 108. The Kier molecular flexibility index (Phi) is 14.1. The highest BCUT2D eigenvalue weighted by molar-refractivity contribution is 5.78. The molecule has 26 atom stereocenters. The van der Waals surface area contributed by atoms with Gasteiger partial charge in [-0.1, -0.05) is 45.1 Å². The van der Waals surface area contributed by atoms with E-state index in [2.05, 4.69) is 33.9 Å². The van der Waals surface area contributed by atoms with Crippen molar-refractivity contribution in [1.82, 2.24) is 0 Å². The molecule has 4 saturated carbocycles. The molecule has 4 heterocycles. The van der Waals surface area contributed by atoms with Gasteiger partial charge < -0.3 is 84.2 Å². The molecule has 0 radical (unpaired) electrons. The fraction of sp³-hybridized carbons (Fsp3) is 0.875. The van der Waals surface area contributed by atoms with Crippen LogP contribution >= 0.6 is 0 Å². The molecule has 67 heavy (non-hydrogen) atoms. The zero-order chi connectivity index (χ0) is 49.0. The Morgan fingerprint density at radius 3 is 2.03 bits per heavy atom. The first-order valence-corrected chi connectivity index (χ1v) is 24.1. The molecule has 10 N–H and O–H groups in total.